The highest BCUT2D eigenvalue weighted by Gasteiger charge is 2.27. The van der Waals surface area contributed by atoms with Crippen molar-refractivity contribution in [2.24, 2.45) is 0 Å². The van der Waals surface area contributed by atoms with E-state index in [0.717, 1.165) is 23.0 Å². The maximum Gasteiger partial charge on any atom is 0.159 e. The molecule has 5 heteroatoms. The maximum atomic E-state index is 6.24. The van der Waals surface area contributed by atoms with Crippen LogP contribution in [0.4, 0.5) is 23.0 Å². The average Bonchev–Trinajstić information content (AvgIpc) is 2.36. The topological polar surface area (TPSA) is 32.3 Å². The predicted octanol–water partition coefficient (Wildman–Crippen LogP) is 2.98. The standard InChI is InChI=1S/C12H11ClN4/c1-16-9-4-3-6-14-11(9)17(2)12-10(16)8(13)5-7-15-12/h3-7H,1-2H3. The van der Waals surface area contributed by atoms with E-state index < -0.39 is 0 Å². The van der Waals surface area contributed by atoms with Crippen molar-refractivity contribution in [1.82, 2.24) is 9.97 Å². The monoisotopic (exact) mass is 246 g/mol. The molecular weight excluding hydrogens is 236 g/mol. The molecular formula is C12H11ClN4. The van der Waals surface area contributed by atoms with Gasteiger partial charge in [-0.2, -0.15) is 0 Å². The smallest absolute Gasteiger partial charge is 0.159 e. The second-order valence-corrected chi connectivity index (χ2v) is 4.34. The number of anilines is 4. The Hall–Kier alpha value is -1.81. The van der Waals surface area contributed by atoms with Crippen molar-refractivity contribution in [2.75, 3.05) is 23.9 Å². The van der Waals surface area contributed by atoms with E-state index in [1.807, 2.05) is 36.0 Å². The number of fused-ring (bicyclic) bond motifs is 2. The Morgan fingerprint density at radius 2 is 1.76 bits per heavy atom. The Balaban J connectivity index is 2.29. The zero-order valence-corrected chi connectivity index (χ0v) is 10.3. The van der Waals surface area contributed by atoms with E-state index in [-0.39, 0.29) is 0 Å². The average molecular weight is 247 g/mol. The van der Waals surface area contributed by atoms with Crippen LogP contribution in [0.15, 0.2) is 30.6 Å². The first-order valence-electron chi connectivity index (χ1n) is 5.27. The zero-order chi connectivity index (χ0) is 12.0. The molecule has 0 saturated heterocycles. The molecule has 0 atom stereocenters. The van der Waals surface area contributed by atoms with Crippen LogP contribution >= 0.6 is 11.6 Å². The van der Waals surface area contributed by atoms with Crippen LogP contribution in [0.3, 0.4) is 0 Å². The van der Waals surface area contributed by atoms with Crippen LogP contribution in [-0.4, -0.2) is 24.1 Å². The number of aromatic nitrogens is 2. The molecule has 0 unspecified atom stereocenters. The summed E-state index contributed by atoms with van der Waals surface area (Å²) in [6, 6.07) is 5.73. The Kier molecular flexibility index (Phi) is 2.19. The summed E-state index contributed by atoms with van der Waals surface area (Å²) in [5, 5.41) is 0.693. The molecule has 0 fully saturated rings. The third-order valence-corrected chi connectivity index (χ3v) is 3.26. The van der Waals surface area contributed by atoms with Crippen molar-refractivity contribution in [3.05, 3.63) is 35.6 Å². The highest BCUT2D eigenvalue weighted by molar-refractivity contribution is 6.34. The molecule has 0 aliphatic carbocycles. The first kappa shape index (κ1) is 10.4. The van der Waals surface area contributed by atoms with E-state index in [9.17, 15) is 0 Å². The van der Waals surface area contributed by atoms with Crippen LogP contribution in [-0.2, 0) is 0 Å². The maximum absolute atomic E-state index is 6.24. The van der Waals surface area contributed by atoms with Gasteiger partial charge < -0.3 is 9.80 Å². The van der Waals surface area contributed by atoms with Crippen molar-refractivity contribution >= 4 is 34.6 Å². The van der Waals surface area contributed by atoms with Crippen molar-refractivity contribution in [1.29, 1.82) is 0 Å². The minimum absolute atomic E-state index is 0.693. The van der Waals surface area contributed by atoms with Crippen LogP contribution in [0.5, 0.6) is 0 Å². The quantitative estimate of drug-likeness (QED) is 0.715. The summed E-state index contributed by atoms with van der Waals surface area (Å²) < 4.78 is 0. The van der Waals surface area contributed by atoms with E-state index in [1.165, 1.54) is 0 Å². The van der Waals surface area contributed by atoms with E-state index in [1.54, 1.807) is 18.5 Å². The van der Waals surface area contributed by atoms with E-state index in [2.05, 4.69) is 9.97 Å². The van der Waals surface area contributed by atoms with Crippen molar-refractivity contribution in [3.8, 4) is 0 Å². The zero-order valence-electron chi connectivity index (χ0n) is 9.55. The summed E-state index contributed by atoms with van der Waals surface area (Å²) in [5.41, 5.74) is 1.94. The third-order valence-electron chi connectivity index (χ3n) is 2.95. The number of nitrogens with zero attached hydrogens (tertiary/aromatic N) is 4. The molecule has 0 saturated carbocycles. The largest absolute Gasteiger partial charge is 0.337 e. The lowest BCUT2D eigenvalue weighted by atomic mass is 10.2. The second kappa shape index (κ2) is 3.60. The molecule has 2 aromatic heterocycles. The predicted molar refractivity (Wildman–Crippen MR) is 69.6 cm³/mol. The number of halogens is 1. The van der Waals surface area contributed by atoms with Gasteiger partial charge in [-0.1, -0.05) is 11.6 Å². The van der Waals surface area contributed by atoms with E-state index >= 15 is 0 Å². The Labute approximate surface area is 104 Å². The molecule has 0 amide bonds. The lowest BCUT2D eigenvalue weighted by molar-refractivity contribution is 1.01. The minimum atomic E-state index is 0.693. The molecule has 1 aliphatic heterocycles. The first-order chi connectivity index (χ1) is 8.20. The van der Waals surface area contributed by atoms with Crippen LogP contribution in [0.1, 0.15) is 0 Å². The summed E-state index contributed by atoms with van der Waals surface area (Å²) >= 11 is 6.24. The van der Waals surface area contributed by atoms with Gasteiger partial charge in [-0.25, -0.2) is 9.97 Å². The SMILES string of the molecule is CN1c2ncccc2N(C)c2c(Cl)ccnc21. The lowest BCUT2D eigenvalue weighted by Gasteiger charge is -2.34. The van der Waals surface area contributed by atoms with Gasteiger partial charge in [-0.05, 0) is 18.2 Å². The van der Waals surface area contributed by atoms with Gasteiger partial charge in [0.05, 0.1) is 10.7 Å². The Bertz CT molecular complexity index is 584. The highest BCUT2D eigenvalue weighted by atomic mass is 35.5. The lowest BCUT2D eigenvalue weighted by Crippen LogP contribution is -2.26. The molecule has 0 spiro atoms. The van der Waals surface area contributed by atoms with Crippen LogP contribution in [0, 0.1) is 0 Å². The summed E-state index contributed by atoms with van der Waals surface area (Å²) in [4.78, 5) is 12.7. The van der Waals surface area contributed by atoms with Gasteiger partial charge in [0, 0.05) is 26.5 Å². The minimum Gasteiger partial charge on any atom is -0.337 e. The van der Waals surface area contributed by atoms with E-state index in [4.69, 9.17) is 11.6 Å². The van der Waals surface area contributed by atoms with Gasteiger partial charge >= 0.3 is 0 Å². The molecule has 4 nitrogen and oxygen atoms in total. The first-order valence-corrected chi connectivity index (χ1v) is 5.65. The number of hydrogen-bond acceptors (Lipinski definition) is 4. The van der Waals surface area contributed by atoms with Crippen LogP contribution < -0.4 is 9.80 Å². The molecule has 17 heavy (non-hydrogen) atoms. The van der Waals surface area contributed by atoms with E-state index in [0.29, 0.717) is 5.02 Å². The van der Waals surface area contributed by atoms with Gasteiger partial charge in [0.15, 0.2) is 11.6 Å². The molecule has 3 rings (SSSR count). The number of hydrogen-bond donors (Lipinski definition) is 0. The summed E-state index contributed by atoms with van der Waals surface area (Å²) in [6.07, 6.45) is 3.48. The van der Waals surface area contributed by atoms with Gasteiger partial charge in [-0.3, -0.25) is 0 Å². The Morgan fingerprint density at radius 1 is 1.00 bits per heavy atom. The van der Waals surface area contributed by atoms with Crippen LogP contribution in [0.2, 0.25) is 5.02 Å². The molecule has 0 radical (unpaired) electrons. The number of rotatable bonds is 0. The fraction of sp³-hybridized carbons (Fsp3) is 0.167. The fourth-order valence-corrected chi connectivity index (χ4v) is 2.37. The molecule has 0 aromatic carbocycles. The molecule has 0 bridgehead atoms. The third kappa shape index (κ3) is 1.37. The van der Waals surface area contributed by atoms with Crippen molar-refractivity contribution < 1.29 is 0 Å². The van der Waals surface area contributed by atoms with Gasteiger partial charge in [0.1, 0.15) is 5.69 Å². The second-order valence-electron chi connectivity index (χ2n) is 3.93. The molecule has 1 aliphatic rings. The molecule has 2 aromatic rings. The normalized spacial score (nSPS) is 13.4. The van der Waals surface area contributed by atoms with Gasteiger partial charge in [-0.15, -0.1) is 0 Å². The number of pyridine rings is 2. The Morgan fingerprint density at radius 3 is 2.59 bits per heavy atom. The summed E-state index contributed by atoms with van der Waals surface area (Å²) in [7, 11) is 3.92. The van der Waals surface area contributed by atoms with Gasteiger partial charge in [0.2, 0.25) is 0 Å². The summed E-state index contributed by atoms with van der Waals surface area (Å²) in [6.45, 7) is 0. The van der Waals surface area contributed by atoms with Gasteiger partial charge in [0.25, 0.3) is 0 Å². The van der Waals surface area contributed by atoms with Crippen molar-refractivity contribution in [3.63, 3.8) is 0 Å². The highest BCUT2D eigenvalue weighted by Crippen LogP contribution is 2.46. The summed E-state index contributed by atoms with van der Waals surface area (Å²) in [5.74, 6) is 1.71. The molecule has 0 N–H and O–H groups in total. The molecule has 3 heterocycles. The fourth-order valence-electron chi connectivity index (χ4n) is 2.11. The van der Waals surface area contributed by atoms with Crippen LogP contribution in [0.25, 0.3) is 0 Å². The van der Waals surface area contributed by atoms with Crippen molar-refractivity contribution in [2.45, 2.75) is 0 Å². The molecule has 86 valence electrons.